The topological polar surface area (TPSA) is 52.9 Å². The Hall–Kier alpha value is -1.56. The molecule has 1 N–H and O–H groups in total. The van der Waals surface area contributed by atoms with Crippen molar-refractivity contribution >= 4 is 11.0 Å². The highest BCUT2D eigenvalue weighted by Crippen LogP contribution is 2.28. The summed E-state index contributed by atoms with van der Waals surface area (Å²) in [5, 5.41) is 4.45. The molecule has 5 nitrogen and oxygen atoms in total. The third-order valence-corrected chi connectivity index (χ3v) is 4.03. The van der Waals surface area contributed by atoms with Crippen molar-refractivity contribution in [3.63, 3.8) is 0 Å². The highest BCUT2D eigenvalue weighted by molar-refractivity contribution is 5.83. The van der Waals surface area contributed by atoms with Crippen LogP contribution in [0.1, 0.15) is 12.2 Å². The fourth-order valence-corrected chi connectivity index (χ4v) is 2.71. The maximum Gasteiger partial charge on any atom is 0.176 e. The lowest BCUT2D eigenvalue weighted by Crippen LogP contribution is -2.42. The largest absolute Gasteiger partial charge is 0.493 e. The fraction of sp³-hybridized carbons (Fsp3) is 0.500. The Kier molecular flexibility index (Phi) is 4.14. The zero-order valence-corrected chi connectivity index (χ0v) is 12.5. The summed E-state index contributed by atoms with van der Waals surface area (Å²) in [6.45, 7) is 2.81. The van der Waals surface area contributed by atoms with Crippen LogP contribution in [-0.4, -0.2) is 39.6 Å². The number of rotatable bonds is 6. The monoisotopic (exact) mass is 291 g/mol. The fourth-order valence-electron chi connectivity index (χ4n) is 2.71. The lowest BCUT2D eigenvalue weighted by atomic mass is 10.0. The van der Waals surface area contributed by atoms with Crippen LogP contribution in [0.4, 0.5) is 0 Å². The van der Waals surface area contributed by atoms with Gasteiger partial charge in [0.25, 0.3) is 0 Å². The van der Waals surface area contributed by atoms with Crippen molar-refractivity contribution in [1.29, 1.82) is 0 Å². The van der Waals surface area contributed by atoms with Crippen molar-refractivity contribution in [2.24, 2.45) is 0 Å². The molecule has 1 atom stereocenters. The first-order valence-electron chi connectivity index (χ1n) is 7.15. The molecular formula is C16H21NO4. The predicted octanol–water partition coefficient (Wildman–Crippen LogP) is 2.34. The summed E-state index contributed by atoms with van der Waals surface area (Å²) in [6.07, 6.45) is 0.921. The summed E-state index contributed by atoms with van der Waals surface area (Å²) < 4.78 is 22.2. The van der Waals surface area contributed by atoms with E-state index in [0.29, 0.717) is 13.2 Å². The van der Waals surface area contributed by atoms with E-state index >= 15 is 0 Å². The molecule has 1 unspecified atom stereocenters. The maximum atomic E-state index is 5.86. The molecule has 1 saturated heterocycles. The van der Waals surface area contributed by atoms with E-state index in [1.807, 2.05) is 24.3 Å². The van der Waals surface area contributed by atoms with Crippen molar-refractivity contribution in [3.05, 3.63) is 30.0 Å². The molecule has 0 bridgehead atoms. The highest BCUT2D eigenvalue weighted by atomic mass is 16.5. The Labute approximate surface area is 124 Å². The van der Waals surface area contributed by atoms with Gasteiger partial charge in [-0.25, -0.2) is 0 Å². The van der Waals surface area contributed by atoms with Crippen LogP contribution in [0.25, 0.3) is 11.0 Å². The van der Waals surface area contributed by atoms with Crippen LogP contribution in [-0.2, 0) is 16.0 Å². The summed E-state index contributed by atoms with van der Waals surface area (Å²) >= 11 is 0. The van der Waals surface area contributed by atoms with Gasteiger partial charge >= 0.3 is 0 Å². The molecule has 1 fully saturated rings. The van der Waals surface area contributed by atoms with Gasteiger partial charge in [0.05, 0.1) is 20.3 Å². The lowest BCUT2D eigenvalue weighted by Gasteiger charge is -2.25. The summed E-state index contributed by atoms with van der Waals surface area (Å²) in [4.78, 5) is 0. The molecule has 0 spiro atoms. The van der Waals surface area contributed by atoms with Crippen molar-refractivity contribution in [3.8, 4) is 5.75 Å². The van der Waals surface area contributed by atoms with Gasteiger partial charge < -0.3 is 23.9 Å². The Morgan fingerprint density at radius 1 is 1.33 bits per heavy atom. The van der Waals surface area contributed by atoms with E-state index < -0.39 is 0 Å². The quantitative estimate of drug-likeness (QED) is 0.885. The number of furan rings is 1. The van der Waals surface area contributed by atoms with Crippen LogP contribution in [0.3, 0.4) is 0 Å². The van der Waals surface area contributed by atoms with Gasteiger partial charge in [-0.05, 0) is 12.1 Å². The standard InChI is InChI=1S/C16H21NO4/c1-18-14-5-3-4-12-8-13(21-15(12)14)9-17-10-16(19-2)6-7-20-11-16/h3-5,8,17H,6-7,9-11H2,1-2H3. The second-order valence-corrected chi connectivity index (χ2v) is 5.38. The van der Waals surface area contributed by atoms with Gasteiger partial charge in [0.1, 0.15) is 11.4 Å². The molecule has 0 radical (unpaired) electrons. The van der Waals surface area contributed by atoms with Crippen LogP contribution < -0.4 is 10.1 Å². The third-order valence-electron chi connectivity index (χ3n) is 4.03. The zero-order chi connectivity index (χ0) is 14.7. The number of fused-ring (bicyclic) bond motifs is 1. The van der Waals surface area contributed by atoms with E-state index in [1.165, 1.54) is 0 Å². The minimum Gasteiger partial charge on any atom is -0.493 e. The number of hydrogen-bond acceptors (Lipinski definition) is 5. The van der Waals surface area contributed by atoms with Gasteiger partial charge in [-0.2, -0.15) is 0 Å². The molecule has 5 heteroatoms. The minimum atomic E-state index is -0.205. The second kappa shape index (κ2) is 6.05. The van der Waals surface area contributed by atoms with Crippen molar-refractivity contribution in [1.82, 2.24) is 5.32 Å². The summed E-state index contributed by atoms with van der Waals surface area (Å²) in [5.74, 6) is 1.65. The first-order chi connectivity index (χ1) is 10.3. The third kappa shape index (κ3) is 2.90. The number of methoxy groups -OCH3 is 2. The molecular weight excluding hydrogens is 270 g/mol. The zero-order valence-electron chi connectivity index (χ0n) is 12.5. The Morgan fingerprint density at radius 3 is 2.95 bits per heavy atom. The lowest BCUT2D eigenvalue weighted by molar-refractivity contribution is -0.0161. The van der Waals surface area contributed by atoms with E-state index in [0.717, 1.165) is 42.1 Å². The van der Waals surface area contributed by atoms with Crippen LogP contribution in [0.2, 0.25) is 0 Å². The highest BCUT2D eigenvalue weighted by Gasteiger charge is 2.34. The van der Waals surface area contributed by atoms with Gasteiger partial charge in [-0.1, -0.05) is 12.1 Å². The van der Waals surface area contributed by atoms with Crippen LogP contribution in [0.5, 0.6) is 5.75 Å². The van der Waals surface area contributed by atoms with Crippen LogP contribution >= 0.6 is 0 Å². The van der Waals surface area contributed by atoms with E-state index in [1.54, 1.807) is 14.2 Å². The van der Waals surface area contributed by atoms with Gasteiger partial charge in [0, 0.05) is 32.1 Å². The van der Waals surface area contributed by atoms with E-state index in [2.05, 4.69) is 5.32 Å². The Bertz CT molecular complexity index is 601. The number of benzene rings is 1. The van der Waals surface area contributed by atoms with Crippen molar-refractivity contribution < 1.29 is 18.6 Å². The SMILES string of the molecule is COc1cccc2cc(CNCC3(OC)CCOC3)oc12. The van der Waals surface area contributed by atoms with Crippen LogP contribution in [0.15, 0.2) is 28.7 Å². The van der Waals surface area contributed by atoms with Crippen molar-refractivity contribution in [2.75, 3.05) is 34.0 Å². The molecule has 21 heavy (non-hydrogen) atoms. The molecule has 114 valence electrons. The predicted molar refractivity (Wildman–Crippen MR) is 79.6 cm³/mol. The van der Waals surface area contributed by atoms with E-state index in [4.69, 9.17) is 18.6 Å². The normalized spacial score (nSPS) is 22.0. The molecule has 2 heterocycles. The average molecular weight is 291 g/mol. The number of hydrogen-bond donors (Lipinski definition) is 1. The molecule has 0 amide bonds. The first kappa shape index (κ1) is 14.4. The molecule has 0 aliphatic carbocycles. The average Bonchev–Trinajstić information content (AvgIpc) is 3.13. The van der Waals surface area contributed by atoms with Crippen LogP contribution in [0, 0.1) is 0 Å². The molecule has 1 aliphatic rings. The molecule has 1 aliphatic heterocycles. The Morgan fingerprint density at radius 2 is 2.24 bits per heavy atom. The molecule has 0 saturated carbocycles. The van der Waals surface area contributed by atoms with Gasteiger partial charge in [-0.3, -0.25) is 0 Å². The first-order valence-corrected chi connectivity index (χ1v) is 7.15. The van der Waals surface area contributed by atoms with Gasteiger partial charge in [0.15, 0.2) is 11.3 Å². The summed E-state index contributed by atoms with van der Waals surface area (Å²) in [6, 6.07) is 7.92. The number of para-hydroxylation sites is 1. The number of ether oxygens (including phenoxy) is 3. The maximum absolute atomic E-state index is 5.86. The smallest absolute Gasteiger partial charge is 0.176 e. The molecule has 1 aromatic carbocycles. The summed E-state index contributed by atoms with van der Waals surface area (Å²) in [5.41, 5.74) is 0.589. The molecule has 2 aromatic rings. The minimum absolute atomic E-state index is 0.205. The van der Waals surface area contributed by atoms with E-state index in [9.17, 15) is 0 Å². The second-order valence-electron chi connectivity index (χ2n) is 5.38. The molecule has 1 aromatic heterocycles. The van der Waals surface area contributed by atoms with Gasteiger partial charge in [-0.15, -0.1) is 0 Å². The molecule has 3 rings (SSSR count). The number of nitrogens with one attached hydrogen (secondary N) is 1. The van der Waals surface area contributed by atoms with Gasteiger partial charge in [0.2, 0.25) is 0 Å². The van der Waals surface area contributed by atoms with Crippen molar-refractivity contribution in [2.45, 2.75) is 18.6 Å². The Balaban J connectivity index is 1.65. The van der Waals surface area contributed by atoms with E-state index in [-0.39, 0.29) is 5.60 Å². The summed E-state index contributed by atoms with van der Waals surface area (Å²) in [7, 11) is 3.39.